The van der Waals surface area contributed by atoms with Crippen LogP contribution in [0.1, 0.15) is 20.8 Å². The van der Waals surface area contributed by atoms with Crippen molar-refractivity contribution in [2.45, 2.75) is 26.8 Å². The van der Waals surface area contributed by atoms with Crippen LogP contribution in [0.5, 0.6) is 5.88 Å². The van der Waals surface area contributed by atoms with Gasteiger partial charge in [0.05, 0.1) is 12.6 Å². The Morgan fingerprint density at radius 1 is 1.48 bits per heavy atom. The first-order valence-corrected chi connectivity index (χ1v) is 6.47. The molecule has 0 aromatic carbocycles. The zero-order valence-corrected chi connectivity index (χ0v) is 14.6. The fraction of sp³-hybridized carbons (Fsp3) is 0.538. The second kappa shape index (κ2) is 10.1. The standard InChI is InChI=1S/C13H20ClN3O2.2ClH/c1-13(2,3)10(15)11(18)16-7-8-19-12-9(14)5-4-6-17-12;;/h4-6,10H,7-8,15H2,1-3H3,(H,16,18);2*1H/t10-;;/m1../s1. The van der Waals surface area contributed by atoms with E-state index < -0.39 is 6.04 Å². The van der Waals surface area contributed by atoms with Gasteiger partial charge in [-0.1, -0.05) is 32.4 Å². The van der Waals surface area contributed by atoms with Gasteiger partial charge in [-0.25, -0.2) is 4.98 Å². The topological polar surface area (TPSA) is 77.2 Å². The van der Waals surface area contributed by atoms with Gasteiger partial charge in [0.25, 0.3) is 0 Å². The molecule has 21 heavy (non-hydrogen) atoms. The minimum Gasteiger partial charge on any atom is -0.475 e. The molecule has 3 N–H and O–H groups in total. The van der Waals surface area contributed by atoms with Crippen molar-refractivity contribution in [1.29, 1.82) is 0 Å². The molecule has 0 aliphatic rings. The van der Waals surface area contributed by atoms with E-state index in [0.717, 1.165) is 0 Å². The molecule has 8 heteroatoms. The highest BCUT2D eigenvalue weighted by atomic mass is 35.5. The van der Waals surface area contributed by atoms with Crippen LogP contribution in [0.4, 0.5) is 0 Å². The minimum atomic E-state index is -0.550. The van der Waals surface area contributed by atoms with Gasteiger partial charge >= 0.3 is 0 Å². The maximum atomic E-state index is 11.7. The van der Waals surface area contributed by atoms with Crippen molar-refractivity contribution in [1.82, 2.24) is 10.3 Å². The van der Waals surface area contributed by atoms with Crippen molar-refractivity contribution < 1.29 is 9.53 Å². The third kappa shape index (κ3) is 7.71. The molecular weight excluding hydrogens is 337 g/mol. The van der Waals surface area contributed by atoms with Gasteiger partial charge in [0.1, 0.15) is 11.6 Å². The van der Waals surface area contributed by atoms with Crippen LogP contribution in [-0.2, 0) is 4.79 Å². The molecule has 1 heterocycles. The van der Waals surface area contributed by atoms with Crippen LogP contribution in [0.25, 0.3) is 0 Å². The molecule has 1 aromatic heterocycles. The van der Waals surface area contributed by atoms with Gasteiger partial charge in [-0.3, -0.25) is 4.79 Å². The normalized spacial score (nSPS) is 11.7. The number of rotatable bonds is 5. The van der Waals surface area contributed by atoms with Crippen LogP contribution in [0.2, 0.25) is 5.02 Å². The van der Waals surface area contributed by atoms with Crippen LogP contribution >= 0.6 is 36.4 Å². The number of nitrogens with one attached hydrogen (secondary N) is 1. The van der Waals surface area contributed by atoms with Crippen LogP contribution < -0.4 is 15.8 Å². The summed E-state index contributed by atoms with van der Waals surface area (Å²) >= 11 is 5.88. The molecule has 0 bridgehead atoms. The van der Waals surface area contributed by atoms with Gasteiger partial charge in [0.15, 0.2) is 0 Å². The predicted molar refractivity (Wildman–Crippen MR) is 89.7 cm³/mol. The van der Waals surface area contributed by atoms with Gasteiger partial charge in [-0.05, 0) is 17.5 Å². The van der Waals surface area contributed by atoms with Crippen molar-refractivity contribution >= 4 is 42.3 Å². The summed E-state index contributed by atoms with van der Waals surface area (Å²) in [5.74, 6) is 0.168. The molecule has 1 atom stereocenters. The van der Waals surface area contributed by atoms with Gasteiger partial charge < -0.3 is 15.8 Å². The Kier molecular flexibility index (Phi) is 10.8. The van der Waals surface area contributed by atoms with E-state index >= 15 is 0 Å². The molecule has 0 saturated heterocycles. The summed E-state index contributed by atoms with van der Waals surface area (Å²) in [6.45, 7) is 6.40. The first kappa shape index (κ1) is 22.5. The van der Waals surface area contributed by atoms with E-state index in [4.69, 9.17) is 22.1 Å². The van der Waals surface area contributed by atoms with Crippen molar-refractivity contribution in [2.75, 3.05) is 13.2 Å². The predicted octanol–water partition coefficient (Wildman–Crippen LogP) is 2.45. The highest BCUT2D eigenvalue weighted by Gasteiger charge is 2.26. The lowest BCUT2D eigenvalue weighted by molar-refractivity contribution is -0.124. The Morgan fingerprint density at radius 2 is 2.10 bits per heavy atom. The SMILES string of the molecule is CC(C)(C)[C@H](N)C(=O)NCCOc1ncccc1Cl.Cl.Cl. The number of nitrogens with zero attached hydrogens (tertiary/aromatic N) is 1. The molecule has 0 fully saturated rings. The fourth-order valence-corrected chi connectivity index (χ4v) is 1.48. The summed E-state index contributed by atoms with van der Waals surface area (Å²) in [7, 11) is 0. The minimum absolute atomic E-state index is 0. The van der Waals surface area contributed by atoms with E-state index in [0.29, 0.717) is 24.1 Å². The number of halogens is 3. The number of hydrogen-bond donors (Lipinski definition) is 2. The molecule has 122 valence electrons. The van der Waals surface area contributed by atoms with E-state index in [1.165, 1.54) is 0 Å². The summed E-state index contributed by atoms with van der Waals surface area (Å²) in [6.07, 6.45) is 1.59. The summed E-state index contributed by atoms with van der Waals surface area (Å²) in [6, 6.07) is 2.86. The van der Waals surface area contributed by atoms with E-state index in [-0.39, 0.29) is 36.1 Å². The molecule has 1 aromatic rings. The molecule has 0 radical (unpaired) electrons. The zero-order valence-electron chi connectivity index (χ0n) is 12.3. The monoisotopic (exact) mass is 357 g/mol. The van der Waals surface area contributed by atoms with Crippen molar-refractivity contribution in [2.24, 2.45) is 11.1 Å². The van der Waals surface area contributed by atoms with Gasteiger partial charge in [0, 0.05) is 6.20 Å². The first-order valence-electron chi connectivity index (χ1n) is 6.09. The van der Waals surface area contributed by atoms with E-state index in [1.807, 2.05) is 20.8 Å². The lowest BCUT2D eigenvalue weighted by Gasteiger charge is -2.25. The molecule has 1 rings (SSSR count). The second-order valence-electron chi connectivity index (χ2n) is 5.27. The van der Waals surface area contributed by atoms with Crippen LogP contribution in [-0.4, -0.2) is 30.1 Å². The number of pyridine rings is 1. The van der Waals surface area contributed by atoms with Crippen molar-refractivity contribution in [3.05, 3.63) is 23.4 Å². The maximum absolute atomic E-state index is 11.7. The number of carbonyl (C=O) groups is 1. The molecular formula is C13H22Cl3N3O2. The zero-order chi connectivity index (χ0) is 14.5. The number of aromatic nitrogens is 1. The fourth-order valence-electron chi connectivity index (χ4n) is 1.30. The number of carbonyl (C=O) groups excluding carboxylic acids is 1. The smallest absolute Gasteiger partial charge is 0.237 e. The van der Waals surface area contributed by atoms with E-state index in [9.17, 15) is 4.79 Å². The number of amides is 1. The molecule has 1 amide bonds. The third-order valence-corrected chi connectivity index (χ3v) is 2.87. The molecule has 0 aliphatic heterocycles. The average molecular weight is 359 g/mol. The number of hydrogen-bond acceptors (Lipinski definition) is 4. The van der Waals surface area contributed by atoms with Crippen molar-refractivity contribution in [3.63, 3.8) is 0 Å². The molecule has 0 spiro atoms. The quantitative estimate of drug-likeness (QED) is 0.793. The summed E-state index contributed by atoms with van der Waals surface area (Å²) < 4.78 is 5.35. The number of nitrogens with two attached hydrogens (primary N) is 1. The lowest BCUT2D eigenvalue weighted by Crippen LogP contribution is -2.49. The molecule has 0 saturated carbocycles. The van der Waals surface area contributed by atoms with E-state index in [2.05, 4.69) is 10.3 Å². The van der Waals surface area contributed by atoms with Gasteiger partial charge in [0.2, 0.25) is 11.8 Å². The maximum Gasteiger partial charge on any atom is 0.237 e. The van der Waals surface area contributed by atoms with E-state index in [1.54, 1.807) is 18.3 Å². The largest absolute Gasteiger partial charge is 0.475 e. The molecule has 5 nitrogen and oxygen atoms in total. The second-order valence-corrected chi connectivity index (χ2v) is 5.68. The van der Waals surface area contributed by atoms with Crippen molar-refractivity contribution in [3.8, 4) is 5.88 Å². The highest BCUT2D eigenvalue weighted by Crippen LogP contribution is 2.19. The highest BCUT2D eigenvalue weighted by molar-refractivity contribution is 6.31. The Balaban J connectivity index is 0. The van der Waals surface area contributed by atoms with Gasteiger partial charge in [-0.2, -0.15) is 0 Å². The Hall–Kier alpha value is -0.750. The third-order valence-electron chi connectivity index (χ3n) is 2.58. The summed E-state index contributed by atoms with van der Waals surface area (Å²) in [5.41, 5.74) is 5.56. The summed E-state index contributed by atoms with van der Waals surface area (Å²) in [4.78, 5) is 15.7. The molecule has 0 unspecified atom stereocenters. The van der Waals surface area contributed by atoms with Crippen LogP contribution in [0.3, 0.4) is 0 Å². The Labute approximate surface area is 142 Å². The van der Waals surface area contributed by atoms with Crippen LogP contribution in [0.15, 0.2) is 18.3 Å². The Bertz CT molecular complexity index is 439. The Morgan fingerprint density at radius 3 is 2.62 bits per heavy atom. The first-order chi connectivity index (χ1) is 8.82. The number of ether oxygens (including phenoxy) is 1. The molecule has 0 aliphatic carbocycles. The summed E-state index contributed by atoms with van der Waals surface area (Å²) in [5, 5.41) is 3.16. The van der Waals surface area contributed by atoms with Crippen LogP contribution in [0, 0.1) is 5.41 Å². The lowest BCUT2D eigenvalue weighted by atomic mass is 9.87. The average Bonchev–Trinajstić information content (AvgIpc) is 2.34. The van der Waals surface area contributed by atoms with Gasteiger partial charge in [-0.15, -0.1) is 24.8 Å².